The fourth-order valence-electron chi connectivity index (χ4n) is 3.10. The highest BCUT2D eigenvalue weighted by Gasteiger charge is 2.39. The fraction of sp³-hybridized carbons (Fsp3) is 0.263. The van der Waals surface area contributed by atoms with Gasteiger partial charge in [-0.3, -0.25) is 9.59 Å². The quantitative estimate of drug-likeness (QED) is 0.799. The number of hydrogen-bond donors (Lipinski definition) is 2. The molecule has 1 aliphatic rings. The number of rotatable bonds is 5. The van der Waals surface area contributed by atoms with Crippen molar-refractivity contribution in [3.8, 4) is 0 Å². The smallest absolute Gasteiger partial charge is 0.243 e. The van der Waals surface area contributed by atoms with Crippen LogP contribution in [-0.2, 0) is 19.6 Å². The summed E-state index contributed by atoms with van der Waals surface area (Å²) in [6.45, 7) is 1.62. The molecule has 0 bridgehead atoms. The van der Waals surface area contributed by atoms with Gasteiger partial charge in [-0.25, -0.2) is 12.8 Å². The molecule has 0 spiro atoms. The van der Waals surface area contributed by atoms with Crippen molar-refractivity contribution in [1.82, 2.24) is 4.31 Å². The standard InChI is InChI=1S/C19H20FN3O4S/c1-13(24)21-15-6-8-16(9-7-15)22-19(25)18-3-2-12-23(18)28(26,27)17-10-4-14(20)5-11-17/h4-11,18H,2-3,12H2,1H3,(H,21,24)(H,22,25). The average Bonchev–Trinajstić information content (AvgIpc) is 3.14. The molecule has 1 aliphatic heterocycles. The van der Waals surface area contributed by atoms with Crippen LogP contribution in [0.4, 0.5) is 15.8 Å². The van der Waals surface area contributed by atoms with Gasteiger partial charge in [0.25, 0.3) is 0 Å². The third-order valence-electron chi connectivity index (χ3n) is 4.40. The van der Waals surface area contributed by atoms with Crippen LogP contribution in [-0.4, -0.2) is 37.1 Å². The average molecular weight is 405 g/mol. The van der Waals surface area contributed by atoms with Crippen LogP contribution in [0, 0.1) is 5.82 Å². The molecule has 2 amide bonds. The molecule has 0 saturated carbocycles. The molecule has 1 atom stereocenters. The zero-order valence-electron chi connectivity index (χ0n) is 15.2. The van der Waals surface area contributed by atoms with Crippen molar-refractivity contribution in [2.45, 2.75) is 30.7 Å². The van der Waals surface area contributed by atoms with Crippen LogP contribution in [0.5, 0.6) is 0 Å². The largest absolute Gasteiger partial charge is 0.326 e. The zero-order valence-corrected chi connectivity index (χ0v) is 16.0. The Kier molecular flexibility index (Phi) is 5.76. The molecule has 2 aromatic carbocycles. The lowest BCUT2D eigenvalue weighted by Gasteiger charge is -2.23. The maximum atomic E-state index is 13.1. The number of benzene rings is 2. The van der Waals surface area contributed by atoms with Gasteiger partial charge in [-0.05, 0) is 61.4 Å². The second kappa shape index (κ2) is 8.07. The van der Waals surface area contributed by atoms with E-state index in [1.165, 1.54) is 19.1 Å². The SMILES string of the molecule is CC(=O)Nc1ccc(NC(=O)C2CCCN2S(=O)(=O)c2ccc(F)cc2)cc1. The maximum absolute atomic E-state index is 13.1. The lowest BCUT2D eigenvalue weighted by molar-refractivity contribution is -0.119. The van der Waals surface area contributed by atoms with Gasteiger partial charge in [-0.15, -0.1) is 0 Å². The molecule has 0 radical (unpaired) electrons. The minimum Gasteiger partial charge on any atom is -0.326 e. The van der Waals surface area contributed by atoms with E-state index in [-0.39, 0.29) is 17.3 Å². The number of hydrogen-bond acceptors (Lipinski definition) is 4. The molecule has 7 nitrogen and oxygen atoms in total. The zero-order chi connectivity index (χ0) is 20.3. The Hall–Kier alpha value is -2.78. The Morgan fingerprint density at radius 2 is 1.57 bits per heavy atom. The van der Waals surface area contributed by atoms with Crippen molar-refractivity contribution < 1.29 is 22.4 Å². The molecule has 1 heterocycles. The van der Waals surface area contributed by atoms with Gasteiger partial charge in [-0.2, -0.15) is 4.31 Å². The number of amides is 2. The highest BCUT2D eigenvalue weighted by molar-refractivity contribution is 7.89. The van der Waals surface area contributed by atoms with E-state index in [9.17, 15) is 22.4 Å². The van der Waals surface area contributed by atoms with E-state index in [2.05, 4.69) is 10.6 Å². The molecule has 2 aromatic rings. The molecule has 148 valence electrons. The molecule has 9 heteroatoms. The van der Waals surface area contributed by atoms with Crippen molar-refractivity contribution in [1.29, 1.82) is 0 Å². The minimum absolute atomic E-state index is 0.0479. The third kappa shape index (κ3) is 4.37. The van der Waals surface area contributed by atoms with Crippen molar-refractivity contribution in [3.63, 3.8) is 0 Å². The Morgan fingerprint density at radius 1 is 1.00 bits per heavy atom. The Morgan fingerprint density at radius 3 is 2.14 bits per heavy atom. The maximum Gasteiger partial charge on any atom is 0.243 e. The summed E-state index contributed by atoms with van der Waals surface area (Å²) in [6.07, 6.45) is 0.955. The molecule has 0 aromatic heterocycles. The lowest BCUT2D eigenvalue weighted by Crippen LogP contribution is -2.43. The molecule has 1 unspecified atom stereocenters. The number of nitrogens with one attached hydrogen (secondary N) is 2. The Labute approximate surface area is 162 Å². The van der Waals surface area contributed by atoms with E-state index in [1.54, 1.807) is 24.3 Å². The van der Waals surface area contributed by atoms with Crippen LogP contribution >= 0.6 is 0 Å². The van der Waals surface area contributed by atoms with Crippen molar-refractivity contribution in [2.24, 2.45) is 0 Å². The monoisotopic (exact) mass is 405 g/mol. The lowest BCUT2D eigenvalue weighted by atomic mass is 10.2. The van der Waals surface area contributed by atoms with E-state index in [0.29, 0.717) is 24.2 Å². The van der Waals surface area contributed by atoms with Crippen LogP contribution in [0.3, 0.4) is 0 Å². The van der Waals surface area contributed by atoms with Crippen LogP contribution in [0.15, 0.2) is 53.4 Å². The van der Waals surface area contributed by atoms with Crippen molar-refractivity contribution >= 4 is 33.2 Å². The van der Waals surface area contributed by atoms with E-state index in [0.717, 1.165) is 16.4 Å². The minimum atomic E-state index is -3.90. The number of halogens is 1. The van der Waals surface area contributed by atoms with Gasteiger partial charge < -0.3 is 10.6 Å². The summed E-state index contributed by atoms with van der Waals surface area (Å²) in [4.78, 5) is 23.7. The van der Waals surface area contributed by atoms with Gasteiger partial charge in [0.1, 0.15) is 11.9 Å². The van der Waals surface area contributed by atoms with Crippen molar-refractivity contribution in [2.75, 3.05) is 17.2 Å². The molecule has 28 heavy (non-hydrogen) atoms. The van der Waals surface area contributed by atoms with Gasteiger partial charge in [0.2, 0.25) is 21.8 Å². The summed E-state index contributed by atoms with van der Waals surface area (Å²) < 4.78 is 39.9. The first-order chi connectivity index (χ1) is 13.3. The van der Waals surface area contributed by atoms with Gasteiger partial charge in [0.15, 0.2) is 0 Å². The second-order valence-corrected chi connectivity index (χ2v) is 8.37. The molecule has 3 rings (SSSR count). The van der Waals surface area contributed by atoms with Crippen molar-refractivity contribution in [3.05, 3.63) is 54.3 Å². The van der Waals surface area contributed by atoms with E-state index < -0.39 is 27.8 Å². The Bertz CT molecular complexity index is 975. The normalized spacial score (nSPS) is 17.3. The first kappa shape index (κ1) is 20.0. The van der Waals surface area contributed by atoms with E-state index >= 15 is 0 Å². The number of anilines is 2. The fourth-order valence-corrected chi connectivity index (χ4v) is 4.75. The van der Waals surface area contributed by atoms with Gasteiger partial charge >= 0.3 is 0 Å². The molecular formula is C19H20FN3O4S. The third-order valence-corrected chi connectivity index (χ3v) is 6.32. The first-order valence-corrected chi connectivity index (χ1v) is 10.2. The molecule has 1 saturated heterocycles. The number of carbonyl (C=O) groups excluding carboxylic acids is 2. The number of nitrogens with zero attached hydrogens (tertiary/aromatic N) is 1. The molecule has 0 aliphatic carbocycles. The van der Waals surface area contributed by atoms with Crippen LogP contribution in [0.1, 0.15) is 19.8 Å². The second-order valence-electron chi connectivity index (χ2n) is 6.48. The van der Waals surface area contributed by atoms with Gasteiger partial charge in [0, 0.05) is 24.8 Å². The van der Waals surface area contributed by atoms with Gasteiger partial charge in [-0.1, -0.05) is 0 Å². The van der Waals surface area contributed by atoms with Crippen LogP contribution in [0.2, 0.25) is 0 Å². The predicted molar refractivity (Wildman–Crippen MR) is 103 cm³/mol. The number of sulfonamides is 1. The van der Waals surface area contributed by atoms with Crippen LogP contribution < -0.4 is 10.6 Å². The summed E-state index contributed by atoms with van der Waals surface area (Å²) >= 11 is 0. The Balaban J connectivity index is 1.74. The summed E-state index contributed by atoms with van der Waals surface area (Å²) in [5.74, 6) is -1.17. The highest BCUT2D eigenvalue weighted by Crippen LogP contribution is 2.27. The number of carbonyl (C=O) groups is 2. The highest BCUT2D eigenvalue weighted by atomic mass is 32.2. The van der Waals surface area contributed by atoms with E-state index in [1.807, 2.05) is 0 Å². The van der Waals surface area contributed by atoms with Crippen LogP contribution in [0.25, 0.3) is 0 Å². The predicted octanol–water partition coefficient (Wildman–Crippen LogP) is 2.58. The molecular weight excluding hydrogens is 385 g/mol. The molecule has 2 N–H and O–H groups in total. The summed E-state index contributed by atoms with van der Waals surface area (Å²) in [5, 5.41) is 5.33. The van der Waals surface area contributed by atoms with Gasteiger partial charge in [0.05, 0.1) is 4.90 Å². The molecule has 1 fully saturated rings. The summed E-state index contributed by atoms with van der Waals surface area (Å²) in [6, 6.07) is 10.2. The summed E-state index contributed by atoms with van der Waals surface area (Å²) in [7, 11) is -3.90. The summed E-state index contributed by atoms with van der Waals surface area (Å²) in [5.41, 5.74) is 1.08. The first-order valence-electron chi connectivity index (χ1n) is 8.73. The topological polar surface area (TPSA) is 95.6 Å². The van der Waals surface area contributed by atoms with E-state index in [4.69, 9.17) is 0 Å².